The van der Waals surface area contributed by atoms with Crippen molar-refractivity contribution in [3.63, 3.8) is 0 Å². The molecule has 0 aliphatic heterocycles. The predicted molar refractivity (Wildman–Crippen MR) is 46.1 cm³/mol. The summed E-state index contributed by atoms with van der Waals surface area (Å²) in [6.45, 7) is 6.38. The Hall–Kier alpha value is -0.0800. The fraction of sp³-hybridized carbons (Fsp3) is 1.00. The van der Waals surface area contributed by atoms with Crippen molar-refractivity contribution < 1.29 is 0 Å². The number of nitrogens with two attached hydrogens (primary N) is 1. The predicted octanol–water partition coefficient (Wildman–Crippen LogP) is 1.07. The molecule has 0 aromatic heterocycles. The molecule has 0 aliphatic carbocycles. The largest absolute Gasteiger partial charge is 0.330 e. The first-order chi connectivity index (χ1) is 4.72. The number of hydrogen-bond donors (Lipinski definition) is 1. The highest BCUT2D eigenvalue weighted by atomic mass is 15.1. The van der Waals surface area contributed by atoms with Crippen LogP contribution < -0.4 is 5.73 Å². The molecule has 10 heavy (non-hydrogen) atoms. The van der Waals surface area contributed by atoms with Crippen LogP contribution in [0.4, 0.5) is 0 Å². The summed E-state index contributed by atoms with van der Waals surface area (Å²) in [5.41, 5.74) is 5.40. The van der Waals surface area contributed by atoms with Crippen molar-refractivity contribution in [3.8, 4) is 0 Å². The lowest BCUT2D eigenvalue weighted by molar-refractivity contribution is 0.256. The summed E-state index contributed by atoms with van der Waals surface area (Å²) in [6, 6.07) is 0.688. The first kappa shape index (κ1) is 9.92. The summed E-state index contributed by atoms with van der Waals surface area (Å²) >= 11 is 0. The van der Waals surface area contributed by atoms with Crippen molar-refractivity contribution >= 4 is 0 Å². The van der Waals surface area contributed by atoms with E-state index in [0.29, 0.717) is 6.04 Å². The van der Waals surface area contributed by atoms with E-state index in [0.717, 1.165) is 19.5 Å². The normalized spacial score (nSPS) is 14.1. The van der Waals surface area contributed by atoms with E-state index < -0.39 is 0 Å². The van der Waals surface area contributed by atoms with Gasteiger partial charge in [-0.25, -0.2) is 0 Å². The van der Waals surface area contributed by atoms with Crippen LogP contribution in [0.5, 0.6) is 0 Å². The van der Waals surface area contributed by atoms with Gasteiger partial charge in [0, 0.05) is 6.04 Å². The molecule has 0 saturated heterocycles. The fourth-order valence-corrected chi connectivity index (χ4v) is 0.945. The SMILES string of the molecule is CCN(C)C(C)CCCN. The molecule has 0 fully saturated rings. The van der Waals surface area contributed by atoms with E-state index in [2.05, 4.69) is 25.8 Å². The van der Waals surface area contributed by atoms with Gasteiger partial charge in [-0.2, -0.15) is 0 Å². The molecule has 2 nitrogen and oxygen atoms in total. The standard InChI is InChI=1S/C8H20N2/c1-4-10(3)8(2)6-5-7-9/h8H,4-7,9H2,1-3H3. The molecule has 0 amide bonds. The van der Waals surface area contributed by atoms with Crippen LogP contribution >= 0.6 is 0 Å². The van der Waals surface area contributed by atoms with E-state index in [-0.39, 0.29) is 0 Å². The van der Waals surface area contributed by atoms with Gasteiger partial charge in [0.15, 0.2) is 0 Å². The monoisotopic (exact) mass is 144 g/mol. The summed E-state index contributed by atoms with van der Waals surface area (Å²) in [5.74, 6) is 0. The zero-order valence-electron chi connectivity index (χ0n) is 7.43. The van der Waals surface area contributed by atoms with E-state index in [4.69, 9.17) is 5.73 Å². The summed E-state index contributed by atoms with van der Waals surface area (Å²) in [6.07, 6.45) is 2.37. The number of hydrogen-bond acceptors (Lipinski definition) is 2. The summed E-state index contributed by atoms with van der Waals surface area (Å²) in [7, 11) is 2.15. The quantitative estimate of drug-likeness (QED) is 0.625. The van der Waals surface area contributed by atoms with Crippen LogP contribution in [0, 0.1) is 0 Å². The second-order valence-corrected chi connectivity index (χ2v) is 2.85. The molecular weight excluding hydrogens is 124 g/mol. The van der Waals surface area contributed by atoms with Crippen molar-refractivity contribution in [1.82, 2.24) is 4.90 Å². The maximum Gasteiger partial charge on any atom is 0.00642 e. The van der Waals surface area contributed by atoms with Crippen molar-refractivity contribution in [2.45, 2.75) is 32.7 Å². The maximum atomic E-state index is 5.40. The Labute approximate surface area is 64.4 Å². The van der Waals surface area contributed by atoms with Gasteiger partial charge in [0.25, 0.3) is 0 Å². The van der Waals surface area contributed by atoms with Crippen molar-refractivity contribution in [3.05, 3.63) is 0 Å². The maximum absolute atomic E-state index is 5.40. The lowest BCUT2D eigenvalue weighted by Gasteiger charge is -2.22. The van der Waals surface area contributed by atoms with Gasteiger partial charge in [-0.3, -0.25) is 0 Å². The van der Waals surface area contributed by atoms with Crippen molar-refractivity contribution in [2.24, 2.45) is 5.73 Å². The minimum Gasteiger partial charge on any atom is -0.330 e. The Balaban J connectivity index is 3.31. The van der Waals surface area contributed by atoms with Crippen LogP contribution in [0.15, 0.2) is 0 Å². The van der Waals surface area contributed by atoms with Gasteiger partial charge in [0.1, 0.15) is 0 Å². The van der Waals surface area contributed by atoms with Gasteiger partial charge < -0.3 is 10.6 Å². The minimum atomic E-state index is 0.688. The molecule has 62 valence electrons. The summed E-state index contributed by atoms with van der Waals surface area (Å²) in [4.78, 5) is 2.34. The molecule has 0 saturated carbocycles. The van der Waals surface area contributed by atoms with Crippen LogP contribution in [-0.2, 0) is 0 Å². The molecule has 0 aromatic rings. The Morgan fingerprint density at radius 2 is 2.10 bits per heavy atom. The van der Waals surface area contributed by atoms with E-state index in [1.807, 2.05) is 0 Å². The molecule has 0 radical (unpaired) electrons. The van der Waals surface area contributed by atoms with Gasteiger partial charge in [-0.15, -0.1) is 0 Å². The number of nitrogens with zero attached hydrogens (tertiary/aromatic N) is 1. The summed E-state index contributed by atoms with van der Waals surface area (Å²) in [5, 5.41) is 0. The average molecular weight is 144 g/mol. The van der Waals surface area contributed by atoms with E-state index in [9.17, 15) is 0 Å². The molecule has 1 atom stereocenters. The molecule has 0 aliphatic rings. The highest BCUT2D eigenvalue weighted by molar-refractivity contribution is 4.61. The molecule has 2 N–H and O–H groups in total. The fourth-order valence-electron chi connectivity index (χ4n) is 0.945. The highest BCUT2D eigenvalue weighted by Crippen LogP contribution is 2.01. The average Bonchev–Trinajstić information content (AvgIpc) is 1.98. The lowest BCUT2D eigenvalue weighted by Crippen LogP contribution is -2.29. The lowest BCUT2D eigenvalue weighted by atomic mass is 10.1. The second kappa shape index (κ2) is 5.69. The molecule has 0 rings (SSSR count). The van der Waals surface area contributed by atoms with Crippen LogP contribution in [0.2, 0.25) is 0 Å². The Morgan fingerprint density at radius 3 is 2.50 bits per heavy atom. The zero-order chi connectivity index (χ0) is 7.98. The molecule has 2 heteroatoms. The van der Waals surface area contributed by atoms with Gasteiger partial charge in [-0.05, 0) is 39.9 Å². The first-order valence-corrected chi connectivity index (χ1v) is 4.12. The zero-order valence-corrected chi connectivity index (χ0v) is 7.43. The Bertz CT molecular complexity index is 73.7. The number of rotatable bonds is 5. The third-order valence-electron chi connectivity index (χ3n) is 2.08. The van der Waals surface area contributed by atoms with Gasteiger partial charge >= 0.3 is 0 Å². The van der Waals surface area contributed by atoms with Crippen LogP contribution in [0.3, 0.4) is 0 Å². The molecule has 0 bridgehead atoms. The van der Waals surface area contributed by atoms with Gasteiger partial charge in [-0.1, -0.05) is 6.92 Å². The minimum absolute atomic E-state index is 0.688. The third-order valence-corrected chi connectivity index (χ3v) is 2.08. The molecule has 0 spiro atoms. The van der Waals surface area contributed by atoms with Crippen LogP contribution in [0.25, 0.3) is 0 Å². The molecule has 1 unspecified atom stereocenters. The molecular formula is C8H20N2. The van der Waals surface area contributed by atoms with Gasteiger partial charge in [0.05, 0.1) is 0 Å². The van der Waals surface area contributed by atoms with Crippen LogP contribution in [-0.4, -0.2) is 31.1 Å². The van der Waals surface area contributed by atoms with Crippen LogP contribution in [0.1, 0.15) is 26.7 Å². The highest BCUT2D eigenvalue weighted by Gasteiger charge is 2.04. The second-order valence-electron chi connectivity index (χ2n) is 2.85. The molecule has 0 heterocycles. The molecule has 0 aromatic carbocycles. The van der Waals surface area contributed by atoms with E-state index in [1.54, 1.807) is 0 Å². The van der Waals surface area contributed by atoms with E-state index >= 15 is 0 Å². The van der Waals surface area contributed by atoms with Gasteiger partial charge in [0.2, 0.25) is 0 Å². The van der Waals surface area contributed by atoms with Crippen molar-refractivity contribution in [2.75, 3.05) is 20.1 Å². The van der Waals surface area contributed by atoms with E-state index in [1.165, 1.54) is 6.42 Å². The Kier molecular flexibility index (Phi) is 5.64. The van der Waals surface area contributed by atoms with Crippen molar-refractivity contribution in [1.29, 1.82) is 0 Å². The smallest absolute Gasteiger partial charge is 0.00642 e. The first-order valence-electron chi connectivity index (χ1n) is 4.12. The third kappa shape index (κ3) is 3.85. The topological polar surface area (TPSA) is 29.3 Å². The Morgan fingerprint density at radius 1 is 1.50 bits per heavy atom. The summed E-state index contributed by atoms with van der Waals surface area (Å²) < 4.78 is 0.